The van der Waals surface area contributed by atoms with Crippen LogP contribution in [0.15, 0.2) is 42.5 Å². The Balaban J connectivity index is 1.97. The van der Waals surface area contributed by atoms with E-state index in [-0.39, 0.29) is 18.1 Å². The first kappa shape index (κ1) is 14.5. The molecule has 2 rings (SSSR count). The van der Waals surface area contributed by atoms with Gasteiger partial charge in [-0.2, -0.15) is 0 Å². The van der Waals surface area contributed by atoms with E-state index in [2.05, 4.69) is 5.32 Å². The molecule has 0 aliphatic heterocycles. The summed E-state index contributed by atoms with van der Waals surface area (Å²) in [5, 5.41) is 21.8. The molecule has 0 fully saturated rings. The van der Waals surface area contributed by atoms with Crippen LogP contribution < -0.4 is 15.8 Å². The second-order valence-corrected chi connectivity index (χ2v) is 4.46. The van der Waals surface area contributed by atoms with Gasteiger partial charge in [-0.3, -0.25) is 4.79 Å². The molecule has 0 unspecified atom stereocenters. The summed E-state index contributed by atoms with van der Waals surface area (Å²) in [4.78, 5) is 10.7. The number of phenolic OH excluding ortho intramolecular Hbond substituents is 2. The lowest BCUT2D eigenvalue weighted by Gasteiger charge is -2.09. The van der Waals surface area contributed by atoms with Gasteiger partial charge in [0.1, 0.15) is 5.75 Å². The maximum atomic E-state index is 10.7. The number of hydrogen-bond donors (Lipinski definition) is 4. The minimum Gasteiger partial charge on any atom is -0.504 e. The lowest BCUT2D eigenvalue weighted by atomic mass is 10.2. The molecule has 0 atom stereocenters. The molecule has 0 aliphatic rings. The molecule has 5 N–H and O–H groups in total. The third-order valence-electron chi connectivity index (χ3n) is 2.75. The van der Waals surface area contributed by atoms with E-state index >= 15 is 0 Å². The quantitative estimate of drug-likeness (QED) is 0.604. The standard InChI is InChI=1S/C15H16N2O4/c16-15(20)9-21-12-3-1-2-11(7-12)17-8-10-4-5-13(18)14(19)6-10/h1-7,17-19H,8-9H2,(H2,16,20). The number of hydrogen-bond acceptors (Lipinski definition) is 5. The molecule has 0 saturated carbocycles. The fourth-order valence-corrected chi connectivity index (χ4v) is 1.73. The number of carbonyl (C=O) groups is 1. The van der Waals surface area contributed by atoms with Crippen LogP contribution in [0.3, 0.4) is 0 Å². The molecule has 0 radical (unpaired) electrons. The van der Waals surface area contributed by atoms with Crippen LogP contribution in [0.1, 0.15) is 5.56 Å². The van der Waals surface area contributed by atoms with Crippen molar-refractivity contribution in [2.24, 2.45) is 5.73 Å². The molecular formula is C15H16N2O4. The van der Waals surface area contributed by atoms with Gasteiger partial charge in [-0.1, -0.05) is 12.1 Å². The van der Waals surface area contributed by atoms with Crippen molar-refractivity contribution in [2.75, 3.05) is 11.9 Å². The van der Waals surface area contributed by atoms with E-state index in [1.807, 2.05) is 6.07 Å². The zero-order valence-corrected chi connectivity index (χ0v) is 11.2. The van der Waals surface area contributed by atoms with Crippen molar-refractivity contribution in [1.82, 2.24) is 0 Å². The summed E-state index contributed by atoms with van der Waals surface area (Å²) in [6.45, 7) is 0.294. The van der Waals surface area contributed by atoms with Gasteiger partial charge in [-0.05, 0) is 29.8 Å². The zero-order chi connectivity index (χ0) is 15.2. The number of ether oxygens (including phenoxy) is 1. The Labute approximate surface area is 121 Å². The van der Waals surface area contributed by atoms with Crippen molar-refractivity contribution in [1.29, 1.82) is 0 Å². The molecular weight excluding hydrogens is 272 g/mol. The third-order valence-corrected chi connectivity index (χ3v) is 2.75. The van der Waals surface area contributed by atoms with Gasteiger partial charge in [-0.15, -0.1) is 0 Å². The number of benzene rings is 2. The number of amides is 1. The molecule has 2 aromatic carbocycles. The average Bonchev–Trinajstić information content (AvgIpc) is 2.47. The Morgan fingerprint density at radius 1 is 1.14 bits per heavy atom. The van der Waals surface area contributed by atoms with Crippen LogP contribution in [0.4, 0.5) is 5.69 Å². The summed E-state index contributed by atoms with van der Waals surface area (Å²) in [6, 6.07) is 11.7. The minimum atomic E-state index is -0.534. The fourth-order valence-electron chi connectivity index (χ4n) is 1.73. The molecule has 2 aromatic rings. The van der Waals surface area contributed by atoms with Crippen LogP contribution in [0.2, 0.25) is 0 Å². The molecule has 0 spiro atoms. The number of nitrogens with two attached hydrogens (primary N) is 1. The lowest BCUT2D eigenvalue weighted by Crippen LogP contribution is -2.20. The molecule has 0 bridgehead atoms. The fraction of sp³-hybridized carbons (Fsp3) is 0.133. The molecule has 6 heteroatoms. The van der Waals surface area contributed by atoms with E-state index in [0.29, 0.717) is 12.3 Å². The van der Waals surface area contributed by atoms with Gasteiger partial charge in [0.05, 0.1) is 0 Å². The summed E-state index contributed by atoms with van der Waals surface area (Å²) in [5.41, 5.74) is 6.63. The first-order chi connectivity index (χ1) is 10.0. The van der Waals surface area contributed by atoms with E-state index in [1.165, 1.54) is 12.1 Å². The van der Waals surface area contributed by atoms with Crippen molar-refractivity contribution >= 4 is 11.6 Å². The molecule has 0 heterocycles. The molecule has 6 nitrogen and oxygen atoms in total. The maximum Gasteiger partial charge on any atom is 0.255 e. The second-order valence-electron chi connectivity index (χ2n) is 4.46. The topological polar surface area (TPSA) is 105 Å². The first-order valence-electron chi connectivity index (χ1n) is 6.30. The number of anilines is 1. The lowest BCUT2D eigenvalue weighted by molar-refractivity contribution is -0.119. The van der Waals surface area contributed by atoms with E-state index < -0.39 is 5.91 Å². The van der Waals surface area contributed by atoms with E-state index in [0.717, 1.165) is 11.3 Å². The van der Waals surface area contributed by atoms with E-state index in [1.54, 1.807) is 24.3 Å². The van der Waals surface area contributed by atoms with Gasteiger partial charge in [0.25, 0.3) is 5.91 Å². The Morgan fingerprint density at radius 3 is 2.67 bits per heavy atom. The number of nitrogens with one attached hydrogen (secondary N) is 1. The smallest absolute Gasteiger partial charge is 0.255 e. The zero-order valence-electron chi connectivity index (χ0n) is 11.2. The second kappa shape index (κ2) is 6.51. The normalized spacial score (nSPS) is 10.1. The predicted molar refractivity (Wildman–Crippen MR) is 78.2 cm³/mol. The van der Waals surface area contributed by atoms with E-state index in [4.69, 9.17) is 10.5 Å². The summed E-state index contributed by atoms with van der Waals surface area (Å²) >= 11 is 0. The largest absolute Gasteiger partial charge is 0.504 e. The van der Waals surface area contributed by atoms with Gasteiger partial charge in [0.2, 0.25) is 0 Å². The monoisotopic (exact) mass is 288 g/mol. The maximum absolute atomic E-state index is 10.7. The van der Waals surface area contributed by atoms with Crippen molar-refractivity contribution in [3.8, 4) is 17.2 Å². The van der Waals surface area contributed by atoms with Crippen molar-refractivity contribution < 1.29 is 19.7 Å². The van der Waals surface area contributed by atoms with Gasteiger partial charge < -0.3 is 26.0 Å². The van der Waals surface area contributed by atoms with Crippen molar-refractivity contribution in [2.45, 2.75) is 6.54 Å². The first-order valence-corrected chi connectivity index (χ1v) is 6.30. The summed E-state index contributed by atoms with van der Waals surface area (Å²) in [5.74, 6) is -0.311. The highest BCUT2D eigenvalue weighted by Gasteiger charge is 2.02. The predicted octanol–water partition coefficient (Wildman–Crippen LogP) is 1.57. The number of phenols is 2. The molecule has 0 aliphatic carbocycles. The molecule has 21 heavy (non-hydrogen) atoms. The Hall–Kier alpha value is -2.89. The van der Waals surface area contributed by atoms with Gasteiger partial charge >= 0.3 is 0 Å². The SMILES string of the molecule is NC(=O)COc1cccc(NCc2ccc(O)c(O)c2)c1. The van der Waals surface area contributed by atoms with Gasteiger partial charge in [0, 0.05) is 18.3 Å². The number of aromatic hydroxyl groups is 2. The molecule has 0 aromatic heterocycles. The van der Waals surface area contributed by atoms with Crippen LogP contribution in [0, 0.1) is 0 Å². The van der Waals surface area contributed by atoms with Crippen LogP contribution in [-0.2, 0) is 11.3 Å². The molecule has 0 saturated heterocycles. The Bertz CT molecular complexity index is 643. The molecule has 1 amide bonds. The Kier molecular flexibility index (Phi) is 4.50. The number of primary amides is 1. The number of carbonyl (C=O) groups excluding carboxylic acids is 1. The minimum absolute atomic E-state index is 0.152. The highest BCUT2D eigenvalue weighted by atomic mass is 16.5. The Morgan fingerprint density at radius 2 is 1.95 bits per heavy atom. The van der Waals surface area contributed by atoms with Crippen LogP contribution in [0.5, 0.6) is 17.2 Å². The van der Waals surface area contributed by atoms with Crippen LogP contribution in [-0.4, -0.2) is 22.7 Å². The van der Waals surface area contributed by atoms with Gasteiger partial charge in [-0.25, -0.2) is 0 Å². The van der Waals surface area contributed by atoms with Crippen LogP contribution in [0.25, 0.3) is 0 Å². The van der Waals surface area contributed by atoms with Crippen LogP contribution >= 0.6 is 0 Å². The molecule has 110 valence electrons. The van der Waals surface area contributed by atoms with E-state index in [9.17, 15) is 15.0 Å². The van der Waals surface area contributed by atoms with Crippen molar-refractivity contribution in [3.63, 3.8) is 0 Å². The summed E-state index contributed by atoms with van der Waals surface area (Å²) < 4.78 is 5.21. The highest BCUT2D eigenvalue weighted by Crippen LogP contribution is 2.25. The van der Waals surface area contributed by atoms with Gasteiger partial charge in [0.15, 0.2) is 18.1 Å². The van der Waals surface area contributed by atoms with Crippen molar-refractivity contribution in [3.05, 3.63) is 48.0 Å². The third kappa shape index (κ3) is 4.31. The highest BCUT2D eigenvalue weighted by molar-refractivity contribution is 5.75. The average molecular weight is 288 g/mol. The summed E-state index contributed by atoms with van der Waals surface area (Å²) in [7, 11) is 0. The number of rotatable bonds is 6. The summed E-state index contributed by atoms with van der Waals surface area (Å²) in [6.07, 6.45) is 0.